The van der Waals surface area contributed by atoms with Gasteiger partial charge in [0.1, 0.15) is 0 Å². The van der Waals surface area contributed by atoms with E-state index >= 15 is 0 Å². The molecule has 1 unspecified atom stereocenters. The molecule has 1 nitrogen and oxygen atoms in total. The van der Waals surface area contributed by atoms with Crippen LogP contribution in [-0.2, 0) is 26.1 Å². The van der Waals surface area contributed by atoms with E-state index in [0.29, 0.717) is 0 Å². The van der Waals surface area contributed by atoms with Crippen LogP contribution >= 0.6 is 42.3 Å². The molecule has 0 saturated carbocycles. The normalized spacial score (nSPS) is 19.6. The van der Waals surface area contributed by atoms with Crippen molar-refractivity contribution in [1.82, 2.24) is 0 Å². The molecule has 3 aromatic rings. The van der Waals surface area contributed by atoms with Gasteiger partial charge in [-0.3, -0.25) is 0 Å². The number of ether oxygens (including phenoxy) is 1. The summed E-state index contributed by atoms with van der Waals surface area (Å²) in [6.07, 6.45) is 4.89. The van der Waals surface area contributed by atoms with Crippen LogP contribution in [0, 0.1) is 0 Å². The zero-order valence-electron chi connectivity index (χ0n) is 15.7. The van der Waals surface area contributed by atoms with Gasteiger partial charge in [-0.15, -0.1) is 0 Å². The number of rotatable bonds is 2. The first-order valence-corrected chi connectivity index (χ1v) is 23.1. The quantitative estimate of drug-likeness (QED) is 0.253. The molecule has 1 heterocycles. The Morgan fingerprint density at radius 3 is 2.50 bits per heavy atom. The van der Waals surface area contributed by atoms with Gasteiger partial charge in [0.15, 0.2) is 0 Å². The van der Waals surface area contributed by atoms with Crippen molar-refractivity contribution >= 4 is 55.0 Å². The van der Waals surface area contributed by atoms with E-state index < -0.39 is 14.9 Å². The Labute approximate surface area is 195 Å². The number of halogens is 3. The van der Waals surface area contributed by atoms with Crippen LogP contribution in [0.5, 0.6) is 0 Å². The second-order valence-electron chi connectivity index (χ2n) is 8.03. The topological polar surface area (TPSA) is 9.23 Å². The number of hydrogen-bond donors (Lipinski definition) is 1. The van der Waals surface area contributed by atoms with Gasteiger partial charge < -0.3 is 0 Å². The minimum absolute atomic E-state index is 0.104. The SMILES string of the molecule is [SH][Zr]([Cl])([Cl])([c]1cccc2c1C=C1C=C(Br)OC12)[c]1cccc2c1Cc1ccccc1-2. The van der Waals surface area contributed by atoms with Crippen molar-refractivity contribution < 1.29 is 19.7 Å². The number of thiol groups is 1. The summed E-state index contributed by atoms with van der Waals surface area (Å²) in [6, 6.07) is 21.0. The molecule has 2 aliphatic carbocycles. The van der Waals surface area contributed by atoms with Gasteiger partial charge in [0.05, 0.1) is 0 Å². The summed E-state index contributed by atoms with van der Waals surface area (Å²) in [5.74, 6) is 0. The molecule has 0 spiro atoms. The van der Waals surface area contributed by atoms with Crippen LogP contribution in [0.15, 0.2) is 77.0 Å². The maximum absolute atomic E-state index is 7.48. The predicted molar refractivity (Wildman–Crippen MR) is 130 cm³/mol. The predicted octanol–water partition coefficient (Wildman–Crippen LogP) is 6.76. The Hall–Kier alpha value is -0.767. The van der Waals surface area contributed by atoms with Crippen LogP contribution in [0.4, 0.5) is 0 Å². The average Bonchev–Trinajstić information content (AvgIpc) is 3.36. The van der Waals surface area contributed by atoms with Crippen molar-refractivity contribution in [2.45, 2.75) is 12.5 Å². The third-order valence-corrected chi connectivity index (χ3v) is 21.1. The standard InChI is InChI=1S/C13H9.C11H6BrO.2ClH.H2S.Zr/c1-3-7-12-10(5-1)9-11-6-2-4-8-13(11)12;12-10-6-8-5-7-3-1-2-4-9(7)11(8)13-10;;;;/h1-5,7-8H,9H2;1-2,4-6,11H;2*1H;1H2;/q;;;;;+3/p-3. The van der Waals surface area contributed by atoms with Gasteiger partial charge in [0.2, 0.25) is 0 Å². The van der Waals surface area contributed by atoms with Crippen LogP contribution in [0.25, 0.3) is 17.2 Å². The summed E-state index contributed by atoms with van der Waals surface area (Å²) >= 11 is -1.43. The molecule has 0 amide bonds. The zero-order valence-corrected chi connectivity index (χ0v) is 22.2. The molecule has 6 heteroatoms. The molecule has 0 fully saturated rings. The molecule has 3 aromatic carbocycles. The molecule has 0 radical (unpaired) electrons. The number of fused-ring (bicyclic) bond motifs is 6. The van der Waals surface area contributed by atoms with Gasteiger partial charge in [0, 0.05) is 0 Å². The number of benzene rings is 3. The molecule has 6 rings (SSSR count). The first kappa shape index (κ1) is 19.9. The van der Waals surface area contributed by atoms with Gasteiger partial charge in [-0.05, 0) is 0 Å². The summed E-state index contributed by atoms with van der Waals surface area (Å²) in [7, 11) is 20.1. The molecule has 30 heavy (non-hydrogen) atoms. The summed E-state index contributed by atoms with van der Waals surface area (Å²) in [4.78, 5) is 0. The summed E-state index contributed by atoms with van der Waals surface area (Å²) in [5.41, 5.74) is 8.28. The molecule has 3 aliphatic rings. The molecule has 1 atom stereocenters. The third kappa shape index (κ3) is 2.77. The third-order valence-electron chi connectivity index (χ3n) is 6.31. The molecular weight excluding hydrogens is 578 g/mol. The van der Waals surface area contributed by atoms with Crippen molar-refractivity contribution in [3.8, 4) is 11.1 Å². The Morgan fingerprint density at radius 2 is 1.63 bits per heavy atom. The molecule has 0 aromatic heterocycles. The van der Waals surface area contributed by atoms with Crippen LogP contribution in [0.3, 0.4) is 0 Å². The molecule has 0 saturated heterocycles. The zero-order chi connectivity index (χ0) is 20.7. The Kier molecular flexibility index (Phi) is 4.39. The van der Waals surface area contributed by atoms with Crippen LogP contribution in [0.1, 0.15) is 28.4 Å². The molecule has 0 bridgehead atoms. The molecule has 0 N–H and O–H groups in total. The monoisotopic (exact) mass is 591 g/mol. The van der Waals surface area contributed by atoms with E-state index in [2.05, 4.69) is 76.6 Å². The van der Waals surface area contributed by atoms with Crippen molar-refractivity contribution in [2.75, 3.05) is 0 Å². The van der Waals surface area contributed by atoms with Crippen molar-refractivity contribution in [1.29, 1.82) is 0 Å². The fourth-order valence-corrected chi connectivity index (χ4v) is 17.9. The first-order chi connectivity index (χ1) is 14.3. The van der Waals surface area contributed by atoms with Gasteiger partial charge in [-0.2, -0.15) is 0 Å². The second kappa shape index (κ2) is 6.62. The van der Waals surface area contributed by atoms with Crippen molar-refractivity contribution in [3.63, 3.8) is 0 Å². The van der Waals surface area contributed by atoms with Gasteiger partial charge in [-0.25, -0.2) is 0 Å². The Bertz CT molecular complexity index is 1320. The van der Waals surface area contributed by atoms with E-state index in [1.165, 1.54) is 22.3 Å². The van der Waals surface area contributed by atoms with E-state index in [-0.39, 0.29) is 6.10 Å². The van der Waals surface area contributed by atoms with E-state index in [0.717, 1.165) is 34.3 Å². The summed E-state index contributed by atoms with van der Waals surface area (Å²) in [6.45, 7) is 0. The Balaban J connectivity index is 1.57. The van der Waals surface area contributed by atoms with E-state index in [1.807, 2.05) is 12.1 Å². The second-order valence-corrected chi connectivity index (χ2v) is 34.7. The van der Waals surface area contributed by atoms with Crippen LogP contribution in [-0.4, -0.2) is 0 Å². The minimum atomic E-state index is -4.88. The Morgan fingerprint density at radius 1 is 0.900 bits per heavy atom. The van der Waals surface area contributed by atoms with Gasteiger partial charge in [0.25, 0.3) is 0 Å². The molecular formula is C24H16BrCl2OSZr. The summed E-state index contributed by atoms with van der Waals surface area (Å²) in [5, 5.41) is 0. The molecule has 1 aliphatic heterocycles. The van der Waals surface area contributed by atoms with Crippen LogP contribution < -0.4 is 6.54 Å². The van der Waals surface area contributed by atoms with Crippen molar-refractivity contribution in [3.05, 3.63) is 99.2 Å². The molecule has 149 valence electrons. The van der Waals surface area contributed by atoms with E-state index in [1.54, 1.807) is 0 Å². The van der Waals surface area contributed by atoms with Gasteiger partial charge in [-0.1, -0.05) is 0 Å². The average molecular weight is 594 g/mol. The van der Waals surface area contributed by atoms with Crippen LogP contribution in [0.2, 0.25) is 0 Å². The first-order valence-electron chi connectivity index (χ1n) is 9.73. The maximum atomic E-state index is 7.48. The fourth-order valence-electron chi connectivity index (χ4n) is 4.99. The van der Waals surface area contributed by atoms with E-state index in [9.17, 15) is 0 Å². The fraction of sp³-hybridized carbons (Fsp3) is 0.0833. The van der Waals surface area contributed by atoms with E-state index in [4.69, 9.17) is 31.1 Å². The van der Waals surface area contributed by atoms with Gasteiger partial charge >= 0.3 is 198 Å². The number of hydrogen-bond acceptors (Lipinski definition) is 2. The summed E-state index contributed by atoms with van der Waals surface area (Å²) < 4.78 is 8.68. The van der Waals surface area contributed by atoms with Crippen molar-refractivity contribution in [2.24, 2.45) is 0 Å².